The van der Waals surface area contributed by atoms with Crippen LogP contribution in [0.2, 0.25) is 0 Å². The van der Waals surface area contributed by atoms with Crippen molar-refractivity contribution < 1.29 is 13.2 Å². The maximum atomic E-state index is 12.7. The third-order valence-electron chi connectivity index (χ3n) is 4.43. The van der Waals surface area contributed by atoms with Gasteiger partial charge in [0.2, 0.25) is 5.91 Å². The maximum Gasteiger partial charge on any atom is 0.261 e. The van der Waals surface area contributed by atoms with E-state index in [1.165, 1.54) is 29.5 Å². The van der Waals surface area contributed by atoms with Crippen molar-refractivity contribution in [3.63, 3.8) is 0 Å². The van der Waals surface area contributed by atoms with E-state index in [2.05, 4.69) is 10.0 Å². The molecule has 0 aliphatic rings. The highest BCUT2D eigenvalue weighted by Crippen LogP contribution is 2.22. The topological polar surface area (TPSA) is 75.3 Å². The van der Waals surface area contributed by atoms with Gasteiger partial charge in [-0.25, -0.2) is 8.42 Å². The van der Waals surface area contributed by atoms with Crippen LogP contribution >= 0.6 is 11.8 Å². The number of thioether (sulfide) groups is 1. The van der Waals surface area contributed by atoms with Gasteiger partial charge >= 0.3 is 0 Å². The molecule has 0 heterocycles. The number of sulfonamides is 1. The number of benzene rings is 3. The summed E-state index contributed by atoms with van der Waals surface area (Å²) in [6.07, 6.45) is 0. The van der Waals surface area contributed by atoms with Crippen molar-refractivity contribution in [3.8, 4) is 0 Å². The Hall–Kier alpha value is -2.77. The van der Waals surface area contributed by atoms with Crippen LogP contribution in [0.4, 0.5) is 11.4 Å². The Bertz CT molecular complexity index is 1110. The molecule has 0 aromatic heterocycles. The van der Waals surface area contributed by atoms with Gasteiger partial charge < -0.3 is 5.32 Å². The number of carbonyl (C=O) groups is 1. The zero-order chi connectivity index (χ0) is 21.6. The first kappa shape index (κ1) is 21.9. The van der Waals surface area contributed by atoms with Crippen LogP contribution in [-0.2, 0) is 20.6 Å². The number of hydrogen-bond acceptors (Lipinski definition) is 4. The van der Waals surface area contributed by atoms with Gasteiger partial charge in [0, 0.05) is 11.4 Å². The van der Waals surface area contributed by atoms with E-state index < -0.39 is 10.0 Å². The molecule has 3 aromatic rings. The van der Waals surface area contributed by atoms with E-state index in [4.69, 9.17) is 0 Å². The van der Waals surface area contributed by atoms with Crippen LogP contribution < -0.4 is 10.0 Å². The van der Waals surface area contributed by atoms with E-state index >= 15 is 0 Å². The second kappa shape index (κ2) is 9.82. The van der Waals surface area contributed by atoms with Crippen LogP contribution in [0.5, 0.6) is 0 Å². The molecule has 30 heavy (non-hydrogen) atoms. The Morgan fingerprint density at radius 1 is 0.933 bits per heavy atom. The van der Waals surface area contributed by atoms with Crippen LogP contribution in [-0.4, -0.2) is 20.1 Å². The molecule has 156 valence electrons. The minimum absolute atomic E-state index is 0.125. The quantitative estimate of drug-likeness (QED) is 0.518. The first-order valence-corrected chi connectivity index (χ1v) is 12.1. The number of anilines is 2. The molecule has 2 N–H and O–H groups in total. The highest BCUT2D eigenvalue weighted by atomic mass is 32.2. The van der Waals surface area contributed by atoms with Crippen molar-refractivity contribution >= 4 is 39.1 Å². The molecule has 0 saturated heterocycles. The summed E-state index contributed by atoms with van der Waals surface area (Å²) in [5.74, 6) is 0.957. The molecule has 0 spiro atoms. The Morgan fingerprint density at radius 3 is 2.33 bits per heavy atom. The Morgan fingerprint density at radius 2 is 1.63 bits per heavy atom. The molecule has 0 bridgehead atoms. The minimum Gasteiger partial charge on any atom is -0.325 e. The van der Waals surface area contributed by atoms with Crippen molar-refractivity contribution in [2.24, 2.45) is 0 Å². The number of nitrogens with one attached hydrogen (secondary N) is 2. The lowest BCUT2D eigenvalue weighted by Crippen LogP contribution is -2.15. The monoisotopic (exact) mass is 440 g/mol. The summed E-state index contributed by atoms with van der Waals surface area (Å²) in [6, 6.07) is 21.7. The molecule has 5 nitrogen and oxygen atoms in total. The highest BCUT2D eigenvalue weighted by Gasteiger charge is 2.15. The van der Waals surface area contributed by atoms with Gasteiger partial charge in [-0.3, -0.25) is 9.52 Å². The first-order chi connectivity index (χ1) is 14.3. The van der Waals surface area contributed by atoms with Gasteiger partial charge in [0.05, 0.1) is 16.3 Å². The number of rotatable bonds is 8. The van der Waals surface area contributed by atoms with Crippen molar-refractivity contribution in [3.05, 3.63) is 89.5 Å². The third kappa shape index (κ3) is 6.11. The van der Waals surface area contributed by atoms with Gasteiger partial charge in [-0.05, 0) is 60.9 Å². The molecule has 0 atom stereocenters. The number of carbonyl (C=O) groups excluding carboxylic acids is 1. The summed E-state index contributed by atoms with van der Waals surface area (Å²) in [5, 5.41) is 2.80. The van der Waals surface area contributed by atoms with E-state index in [9.17, 15) is 13.2 Å². The van der Waals surface area contributed by atoms with E-state index in [-0.39, 0.29) is 10.8 Å². The van der Waals surface area contributed by atoms with Crippen LogP contribution in [0.25, 0.3) is 0 Å². The zero-order valence-electron chi connectivity index (χ0n) is 16.9. The summed E-state index contributed by atoms with van der Waals surface area (Å²) in [6.45, 7) is 3.76. The highest BCUT2D eigenvalue weighted by molar-refractivity contribution is 7.99. The van der Waals surface area contributed by atoms with E-state index in [0.717, 1.165) is 16.9 Å². The average Bonchev–Trinajstić information content (AvgIpc) is 2.72. The minimum atomic E-state index is -3.71. The van der Waals surface area contributed by atoms with Gasteiger partial charge in [-0.2, -0.15) is 0 Å². The SMILES string of the molecule is Cc1ccc(C)c(NS(=O)(=O)c2ccc(NC(=O)CSCc3ccccc3)cc2)c1. The second-order valence-electron chi connectivity index (χ2n) is 6.97. The summed E-state index contributed by atoms with van der Waals surface area (Å²) < 4.78 is 28.0. The molecular formula is C23H24N2O3S2. The van der Waals surface area contributed by atoms with Crippen LogP contribution in [0.15, 0.2) is 77.7 Å². The van der Waals surface area contributed by atoms with E-state index in [1.54, 1.807) is 18.2 Å². The predicted octanol–water partition coefficient (Wildman–Crippen LogP) is 4.98. The van der Waals surface area contributed by atoms with Crippen LogP contribution in [0.1, 0.15) is 16.7 Å². The van der Waals surface area contributed by atoms with Crippen molar-refractivity contribution in [2.75, 3.05) is 15.8 Å². The first-order valence-electron chi connectivity index (χ1n) is 9.45. The maximum absolute atomic E-state index is 12.7. The molecule has 0 radical (unpaired) electrons. The number of aryl methyl sites for hydroxylation is 2. The van der Waals surface area contributed by atoms with Gasteiger partial charge in [-0.15, -0.1) is 11.8 Å². The fourth-order valence-electron chi connectivity index (χ4n) is 2.80. The summed E-state index contributed by atoms with van der Waals surface area (Å²) in [5.41, 5.74) is 4.11. The molecule has 0 fully saturated rings. The molecule has 0 unspecified atom stereocenters. The molecule has 0 aliphatic carbocycles. The number of amides is 1. The molecule has 7 heteroatoms. The van der Waals surface area contributed by atoms with Gasteiger partial charge in [0.1, 0.15) is 0 Å². The normalized spacial score (nSPS) is 11.1. The fourth-order valence-corrected chi connectivity index (χ4v) is 4.71. The standard InChI is InChI=1S/C23H24N2O3S2/c1-17-8-9-18(2)22(14-17)25-30(27,28)21-12-10-20(11-13-21)24-23(26)16-29-15-19-6-4-3-5-7-19/h3-14,25H,15-16H2,1-2H3,(H,24,26). The number of hydrogen-bond donors (Lipinski definition) is 2. The summed E-state index contributed by atoms with van der Waals surface area (Å²) in [4.78, 5) is 12.3. The van der Waals surface area contributed by atoms with Crippen LogP contribution in [0, 0.1) is 13.8 Å². The molecular weight excluding hydrogens is 416 g/mol. The molecule has 0 aliphatic heterocycles. The van der Waals surface area contributed by atoms with Gasteiger partial charge in [-0.1, -0.05) is 42.5 Å². The van der Waals surface area contributed by atoms with E-state index in [0.29, 0.717) is 17.1 Å². The summed E-state index contributed by atoms with van der Waals surface area (Å²) in [7, 11) is -3.71. The molecule has 3 aromatic carbocycles. The van der Waals surface area contributed by atoms with Gasteiger partial charge in [0.25, 0.3) is 10.0 Å². The predicted molar refractivity (Wildman–Crippen MR) is 124 cm³/mol. The largest absolute Gasteiger partial charge is 0.325 e. The Kier molecular flexibility index (Phi) is 7.18. The molecule has 0 saturated carbocycles. The van der Waals surface area contributed by atoms with Crippen molar-refractivity contribution in [1.82, 2.24) is 0 Å². The fraction of sp³-hybridized carbons (Fsp3) is 0.174. The smallest absolute Gasteiger partial charge is 0.261 e. The lowest BCUT2D eigenvalue weighted by atomic mass is 10.1. The average molecular weight is 441 g/mol. The molecule has 3 rings (SSSR count). The zero-order valence-corrected chi connectivity index (χ0v) is 18.5. The van der Waals surface area contributed by atoms with Crippen molar-refractivity contribution in [1.29, 1.82) is 0 Å². The second-order valence-corrected chi connectivity index (χ2v) is 9.64. The van der Waals surface area contributed by atoms with E-state index in [1.807, 2.05) is 56.3 Å². The lowest BCUT2D eigenvalue weighted by molar-refractivity contribution is -0.113. The van der Waals surface area contributed by atoms with Gasteiger partial charge in [0.15, 0.2) is 0 Å². The van der Waals surface area contributed by atoms with Crippen LogP contribution in [0.3, 0.4) is 0 Å². The Labute approximate surface area is 182 Å². The molecule has 1 amide bonds. The van der Waals surface area contributed by atoms with Crippen molar-refractivity contribution in [2.45, 2.75) is 24.5 Å². The summed E-state index contributed by atoms with van der Waals surface area (Å²) >= 11 is 1.53. The Balaban J connectivity index is 1.57. The third-order valence-corrected chi connectivity index (χ3v) is 6.82. The lowest BCUT2D eigenvalue weighted by Gasteiger charge is -2.12.